The van der Waals surface area contributed by atoms with Gasteiger partial charge < -0.3 is 14.6 Å². The molecule has 1 atom stereocenters. The van der Waals surface area contributed by atoms with Crippen LogP contribution in [0.4, 0.5) is 5.69 Å². The van der Waals surface area contributed by atoms with Gasteiger partial charge in [0.25, 0.3) is 10.0 Å². The lowest BCUT2D eigenvalue weighted by Gasteiger charge is -2.24. The van der Waals surface area contributed by atoms with Gasteiger partial charge in [0.15, 0.2) is 4.91 Å². The highest BCUT2D eigenvalue weighted by Crippen LogP contribution is 2.31. The van der Waals surface area contributed by atoms with E-state index in [4.69, 9.17) is 0 Å². The summed E-state index contributed by atoms with van der Waals surface area (Å²) in [5.74, 6) is 0. The molecule has 0 aliphatic carbocycles. The molecule has 8 heteroatoms. The molecule has 0 saturated carbocycles. The Bertz CT molecular complexity index is 1410. The Morgan fingerprint density at radius 3 is 2.32 bits per heavy atom. The maximum absolute atomic E-state index is 12.8. The summed E-state index contributed by atoms with van der Waals surface area (Å²) in [6.07, 6.45) is 1.82. The highest BCUT2D eigenvalue weighted by molar-refractivity contribution is 7.93. The van der Waals surface area contributed by atoms with Crippen molar-refractivity contribution in [2.24, 2.45) is 7.05 Å². The first kappa shape index (κ1) is 28.5. The average Bonchev–Trinajstić information content (AvgIpc) is 3.27. The number of anilines is 1. The van der Waals surface area contributed by atoms with Crippen LogP contribution in [-0.2, 0) is 17.1 Å². The van der Waals surface area contributed by atoms with Gasteiger partial charge in [-0.05, 0) is 72.9 Å². The molecule has 0 bridgehead atoms. The number of aliphatic hydroxyl groups excluding tert-OH is 1. The summed E-state index contributed by atoms with van der Waals surface area (Å²) in [6.45, 7) is 9.72. The van der Waals surface area contributed by atoms with E-state index < -0.39 is 16.1 Å². The summed E-state index contributed by atoms with van der Waals surface area (Å²) in [4.78, 5) is 2.07. The molecule has 3 rings (SSSR count). The Labute approximate surface area is 221 Å². The van der Waals surface area contributed by atoms with Crippen LogP contribution in [0.1, 0.15) is 52.7 Å². The lowest BCUT2D eigenvalue weighted by atomic mass is 10.0. The van der Waals surface area contributed by atoms with Gasteiger partial charge in [0.1, 0.15) is 6.07 Å². The number of hydrogen-bond acceptors (Lipinski definition) is 5. The van der Waals surface area contributed by atoms with E-state index in [1.807, 2.05) is 29.8 Å². The number of rotatable bonds is 12. The molecule has 7 nitrogen and oxygen atoms in total. The fourth-order valence-electron chi connectivity index (χ4n) is 4.56. The van der Waals surface area contributed by atoms with Crippen molar-refractivity contribution in [1.82, 2.24) is 9.29 Å². The number of aliphatic hydroxyl groups is 1. The summed E-state index contributed by atoms with van der Waals surface area (Å²) in [5, 5.41) is 21.7. The molecule has 0 aliphatic heterocycles. The van der Waals surface area contributed by atoms with Crippen LogP contribution >= 0.6 is 0 Å². The summed E-state index contributed by atoms with van der Waals surface area (Å²) < 4.78 is 29.8. The van der Waals surface area contributed by atoms with E-state index in [2.05, 4.69) is 59.9 Å². The number of sulfonamides is 1. The van der Waals surface area contributed by atoms with Crippen LogP contribution in [0, 0.1) is 11.3 Å². The molecule has 1 heterocycles. The van der Waals surface area contributed by atoms with Crippen LogP contribution in [0.2, 0.25) is 0 Å². The van der Waals surface area contributed by atoms with Crippen molar-refractivity contribution in [3.63, 3.8) is 0 Å². The van der Waals surface area contributed by atoms with Gasteiger partial charge in [-0.25, -0.2) is 13.1 Å². The zero-order valence-electron chi connectivity index (χ0n) is 22.5. The van der Waals surface area contributed by atoms with Crippen LogP contribution < -0.4 is 9.62 Å². The largest absolute Gasteiger partial charge is 0.392 e. The minimum absolute atomic E-state index is 0.136. The Balaban J connectivity index is 1.96. The lowest BCUT2D eigenvalue weighted by Crippen LogP contribution is -2.32. The van der Waals surface area contributed by atoms with Crippen LogP contribution in [0.3, 0.4) is 0 Å². The smallest absolute Gasteiger partial charge is 0.251 e. The molecule has 1 unspecified atom stereocenters. The second kappa shape index (κ2) is 12.4. The maximum atomic E-state index is 12.8. The van der Waals surface area contributed by atoms with Crippen LogP contribution in [0.15, 0.2) is 53.4 Å². The van der Waals surface area contributed by atoms with E-state index in [-0.39, 0.29) is 11.4 Å². The van der Waals surface area contributed by atoms with E-state index >= 15 is 0 Å². The van der Waals surface area contributed by atoms with Crippen molar-refractivity contribution in [1.29, 1.82) is 5.26 Å². The molecule has 0 saturated heterocycles. The lowest BCUT2D eigenvalue weighted by molar-refractivity contribution is 0.174. The minimum Gasteiger partial charge on any atom is -0.392 e. The first-order valence-electron chi connectivity index (χ1n) is 12.9. The van der Waals surface area contributed by atoms with Crippen molar-refractivity contribution >= 4 is 32.1 Å². The normalized spacial score (nSPS) is 13.3. The van der Waals surface area contributed by atoms with Crippen LogP contribution in [0.25, 0.3) is 27.6 Å². The molecule has 0 fully saturated rings. The van der Waals surface area contributed by atoms with Gasteiger partial charge >= 0.3 is 0 Å². The number of allylic oxidation sites excluding steroid dienone is 2. The zero-order valence-corrected chi connectivity index (χ0v) is 23.3. The van der Waals surface area contributed by atoms with E-state index in [0.717, 1.165) is 42.6 Å². The van der Waals surface area contributed by atoms with Crippen LogP contribution in [0.5, 0.6) is 0 Å². The molecule has 0 aliphatic rings. The van der Waals surface area contributed by atoms with E-state index in [1.165, 1.54) is 11.1 Å². The monoisotopic (exact) mass is 522 g/mol. The molecule has 37 heavy (non-hydrogen) atoms. The van der Waals surface area contributed by atoms with Gasteiger partial charge in [0.2, 0.25) is 0 Å². The van der Waals surface area contributed by atoms with Gasteiger partial charge in [-0.3, -0.25) is 0 Å². The van der Waals surface area contributed by atoms with E-state index in [1.54, 1.807) is 13.8 Å². The molecule has 0 amide bonds. The second-order valence-electron chi connectivity index (χ2n) is 9.38. The molecular formula is C29H38N4O3S. The van der Waals surface area contributed by atoms with Crippen molar-refractivity contribution < 1.29 is 13.5 Å². The molecule has 3 aromatic rings. The zero-order chi connectivity index (χ0) is 27.2. The fraction of sp³-hybridized carbons (Fsp3) is 0.414. The number of nitrogens with one attached hydrogen (secondary N) is 1. The third-order valence-electron chi connectivity index (χ3n) is 6.67. The van der Waals surface area contributed by atoms with E-state index in [9.17, 15) is 18.8 Å². The van der Waals surface area contributed by atoms with Gasteiger partial charge in [0, 0.05) is 49.3 Å². The first-order chi connectivity index (χ1) is 17.7. The first-order valence-corrected chi connectivity index (χ1v) is 14.4. The predicted octanol–water partition coefficient (Wildman–Crippen LogP) is 5.42. The molecule has 2 aromatic carbocycles. The molecule has 0 spiro atoms. The summed E-state index contributed by atoms with van der Waals surface area (Å²) >= 11 is 0. The Morgan fingerprint density at radius 1 is 1.05 bits per heavy atom. The third-order valence-corrected chi connectivity index (χ3v) is 8.15. The number of benzene rings is 2. The fourth-order valence-corrected chi connectivity index (χ4v) is 5.74. The highest BCUT2D eigenvalue weighted by Gasteiger charge is 2.23. The van der Waals surface area contributed by atoms with Crippen molar-refractivity contribution in [2.75, 3.05) is 24.5 Å². The molecule has 0 radical (unpaired) electrons. The van der Waals surface area contributed by atoms with Crippen molar-refractivity contribution in [2.45, 2.75) is 53.1 Å². The molecule has 2 N–H and O–H groups in total. The summed E-state index contributed by atoms with van der Waals surface area (Å²) in [6, 6.07) is 18.5. The third kappa shape index (κ3) is 6.42. The maximum Gasteiger partial charge on any atom is 0.251 e. The Morgan fingerprint density at radius 2 is 1.70 bits per heavy atom. The topological polar surface area (TPSA) is 98.4 Å². The average molecular weight is 523 g/mol. The van der Waals surface area contributed by atoms with Gasteiger partial charge in [0.05, 0.1) is 6.10 Å². The van der Waals surface area contributed by atoms with E-state index in [0.29, 0.717) is 17.7 Å². The predicted molar refractivity (Wildman–Crippen MR) is 153 cm³/mol. The molecular weight excluding hydrogens is 484 g/mol. The number of fused-ring (bicyclic) bond motifs is 1. The second-order valence-corrected chi connectivity index (χ2v) is 11.1. The Hall–Kier alpha value is -3.12. The number of nitrogens with zero attached hydrogens (tertiary/aromatic N) is 3. The quantitative estimate of drug-likeness (QED) is 0.310. The van der Waals surface area contributed by atoms with Crippen molar-refractivity contribution in [3.8, 4) is 17.3 Å². The number of nitriles is 1. The van der Waals surface area contributed by atoms with Gasteiger partial charge in [-0.15, -0.1) is 0 Å². The Kier molecular flexibility index (Phi) is 9.55. The molecule has 1 aromatic heterocycles. The summed E-state index contributed by atoms with van der Waals surface area (Å²) in [5.41, 5.74) is 4.15. The standard InChI is InChI=1S/C29H38N4O3S/c1-6-15-33(16-7-2)25-12-11-22-17-24(10-9-23(22)18-25)28-14-13-27(32(28)5)21(4)29(19-30)37(35,36)31-20-26(34)8-3/h9-14,17-18,26,31,34H,6-8,15-16,20H2,1-5H3/b29-21+. The van der Waals surface area contributed by atoms with Crippen molar-refractivity contribution in [3.05, 3.63) is 59.1 Å². The van der Waals surface area contributed by atoms with Gasteiger partial charge in [-0.2, -0.15) is 5.26 Å². The van der Waals surface area contributed by atoms with Gasteiger partial charge in [-0.1, -0.05) is 39.0 Å². The van der Waals surface area contributed by atoms with Crippen LogP contribution in [-0.4, -0.2) is 43.8 Å². The summed E-state index contributed by atoms with van der Waals surface area (Å²) in [7, 11) is -2.19. The molecule has 198 valence electrons. The minimum atomic E-state index is -4.05. The number of hydrogen-bond donors (Lipinski definition) is 2. The number of aromatic nitrogens is 1. The SMILES string of the molecule is CCCN(CCC)c1ccc2cc(-c3ccc(/C(C)=C(\C#N)S(=O)(=O)NCC(O)CC)n3C)ccc2c1. The highest BCUT2D eigenvalue weighted by atomic mass is 32.2.